The molecule has 6 nitrogen and oxygen atoms in total. The maximum absolute atomic E-state index is 13.1. The number of Topliss-reactive ketones (excluding diaryl/α,β-unsaturated/α-hetero) is 1. The molecule has 2 saturated carbocycles. The van der Waals surface area contributed by atoms with Crippen molar-refractivity contribution in [3.8, 4) is 0 Å². The lowest BCUT2D eigenvalue weighted by atomic mass is 9.59. The van der Waals surface area contributed by atoms with Crippen molar-refractivity contribution in [2.45, 2.75) is 86.0 Å². The Balaban J connectivity index is 1.90. The van der Waals surface area contributed by atoms with E-state index in [-0.39, 0.29) is 53.2 Å². The lowest BCUT2D eigenvalue weighted by Crippen LogP contribution is -2.64. The number of allylic oxidation sites excluding steroid dienone is 2. The summed E-state index contributed by atoms with van der Waals surface area (Å²) in [5, 5.41) is 12.6. The maximum Gasteiger partial charge on any atom is 0.309 e. The number of ether oxygens (including phenoxy) is 2. The predicted molar refractivity (Wildman–Crippen MR) is 127 cm³/mol. The molecule has 1 N–H and O–H groups in total. The minimum Gasteiger partial charge on any atom is -0.457 e. The largest absolute Gasteiger partial charge is 0.457 e. The zero-order valence-electron chi connectivity index (χ0n) is 22.0. The van der Waals surface area contributed by atoms with Gasteiger partial charge in [-0.05, 0) is 25.8 Å². The summed E-state index contributed by atoms with van der Waals surface area (Å²) < 4.78 is 12.4. The predicted octanol–water partition coefficient (Wildman–Crippen LogP) is 4.26. The number of carbonyl (C=O) groups is 3. The van der Waals surface area contributed by atoms with E-state index in [0.29, 0.717) is 12.0 Å². The van der Waals surface area contributed by atoms with E-state index in [9.17, 15) is 19.5 Å². The first-order valence-electron chi connectivity index (χ1n) is 12.7. The van der Waals surface area contributed by atoms with Crippen molar-refractivity contribution in [3.63, 3.8) is 0 Å². The molecule has 8 unspecified atom stereocenters. The summed E-state index contributed by atoms with van der Waals surface area (Å²) in [5.41, 5.74) is -1.14. The van der Waals surface area contributed by atoms with Gasteiger partial charge < -0.3 is 14.6 Å². The minimum absolute atomic E-state index is 0.0767. The monoisotopic (exact) mass is 472 g/mol. The molecule has 0 radical (unpaired) electrons. The number of carbonyl (C=O) groups excluding carboxylic acids is 3. The van der Waals surface area contributed by atoms with Crippen molar-refractivity contribution in [1.29, 1.82) is 0 Å². The average molecular weight is 473 g/mol. The Kier molecular flexibility index (Phi) is 5.75. The molecule has 34 heavy (non-hydrogen) atoms. The van der Waals surface area contributed by atoms with Gasteiger partial charge in [0, 0.05) is 35.0 Å². The number of esters is 2. The SMILES string of the molecule is CC1=CC2C3C(C)(C)C3(OC(=O)C(C)C)C(OC(=O)C(C)C)C(C)C2(O)C2C=C(C)C(=O)C2C1. The summed E-state index contributed by atoms with van der Waals surface area (Å²) in [5.74, 6) is -3.19. The third-order valence-corrected chi connectivity index (χ3v) is 9.25. The Labute approximate surface area is 203 Å². The quantitative estimate of drug-likeness (QED) is 0.486. The molecule has 4 aliphatic carbocycles. The number of fused-ring (bicyclic) bond motifs is 5. The zero-order valence-corrected chi connectivity index (χ0v) is 22.0. The Morgan fingerprint density at radius 2 is 1.62 bits per heavy atom. The highest BCUT2D eigenvalue weighted by atomic mass is 16.6. The third-order valence-electron chi connectivity index (χ3n) is 9.25. The Morgan fingerprint density at radius 3 is 2.18 bits per heavy atom. The van der Waals surface area contributed by atoms with Gasteiger partial charge in [0.25, 0.3) is 0 Å². The van der Waals surface area contributed by atoms with Crippen molar-refractivity contribution < 1.29 is 29.0 Å². The van der Waals surface area contributed by atoms with Crippen LogP contribution in [0, 0.1) is 46.8 Å². The zero-order chi connectivity index (χ0) is 25.5. The number of aliphatic hydroxyl groups is 1. The van der Waals surface area contributed by atoms with Gasteiger partial charge in [-0.25, -0.2) is 0 Å². The Morgan fingerprint density at radius 1 is 1.03 bits per heavy atom. The van der Waals surface area contributed by atoms with Gasteiger partial charge in [0.2, 0.25) is 0 Å². The molecule has 4 rings (SSSR count). The summed E-state index contributed by atoms with van der Waals surface area (Å²) in [7, 11) is 0. The van der Waals surface area contributed by atoms with Gasteiger partial charge in [-0.3, -0.25) is 14.4 Å². The molecule has 0 saturated heterocycles. The summed E-state index contributed by atoms with van der Waals surface area (Å²) in [6.07, 6.45) is 3.80. The number of rotatable bonds is 4. The standard InChI is InChI=1S/C28H40O6/c1-13(2)24(30)33-23-17(7)27(32)19-12-16(6)21(29)18(19)10-15(5)11-20(27)22-26(8,9)28(22,23)34-25(31)14(3)4/h11-14,17-20,22-23,32H,10H2,1-9H3. The normalized spacial score (nSPS) is 42.2. The number of hydrogen-bond donors (Lipinski definition) is 1. The molecule has 8 atom stereocenters. The van der Waals surface area contributed by atoms with Gasteiger partial charge in [-0.2, -0.15) is 0 Å². The Hall–Kier alpha value is -1.95. The molecule has 0 amide bonds. The second kappa shape index (κ2) is 7.78. The van der Waals surface area contributed by atoms with Gasteiger partial charge in [-0.15, -0.1) is 0 Å². The first-order chi connectivity index (χ1) is 15.6. The van der Waals surface area contributed by atoms with Crippen LogP contribution >= 0.6 is 0 Å². The van der Waals surface area contributed by atoms with Crippen LogP contribution in [0.5, 0.6) is 0 Å². The molecule has 0 heterocycles. The summed E-state index contributed by atoms with van der Waals surface area (Å²) in [6, 6.07) is 0. The molecular formula is C28H40O6. The van der Waals surface area contributed by atoms with Crippen LogP contribution in [0.25, 0.3) is 0 Å². The molecule has 0 spiro atoms. The molecule has 6 heteroatoms. The van der Waals surface area contributed by atoms with E-state index in [1.165, 1.54) is 0 Å². The fourth-order valence-corrected chi connectivity index (χ4v) is 7.30. The van der Waals surface area contributed by atoms with Crippen molar-refractivity contribution in [2.24, 2.45) is 46.8 Å². The Bertz CT molecular complexity index is 987. The first kappa shape index (κ1) is 25.2. The van der Waals surface area contributed by atoms with Crippen molar-refractivity contribution in [3.05, 3.63) is 23.3 Å². The fraction of sp³-hybridized carbons (Fsp3) is 0.750. The van der Waals surface area contributed by atoms with Crippen LogP contribution in [0.15, 0.2) is 23.3 Å². The molecule has 0 aliphatic heterocycles. The molecule has 0 aromatic carbocycles. The number of ketones is 1. The second-order valence-electron chi connectivity index (χ2n) is 12.3. The number of hydrogen-bond acceptors (Lipinski definition) is 6. The van der Waals surface area contributed by atoms with Gasteiger partial charge in [0.1, 0.15) is 6.10 Å². The van der Waals surface area contributed by atoms with Crippen molar-refractivity contribution in [2.75, 3.05) is 0 Å². The molecule has 2 fully saturated rings. The van der Waals surface area contributed by atoms with E-state index in [1.807, 2.05) is 40.7 Å². The second-order valence-corrected chi connectivity index (χ2v) is 12.3. The molecule has 188 valence electrons. The van der Waals surface area contributed by atoms with E-state index >= 15 is 0 Å². The van der Waals surface area contributed by atoms with Gasteiger partial charge in [-0.1, -0.05) is 66.2 Å². The van der Waals surface area contributed by atoms with E-state index in [0.717, 1.165) is 5.57 Å². The highest BCUT2D eigenvalue weighted by Gasteiger charge is 2.87. The maximum atomic E-state index is 13.1. The van der Waals surface area contributed by atoms with Crippen LogP contribution in [-0.2, 0) is 23.9 Å². The van der Waals surface area contributed by atoms with Crippen LogP contribution in [0.4, 0.5) is 0 Å². The molecule has 4 aliphatic rings. The smallest absolute Gasteiger partial charge is 0.309 e. The van der Waals surface area contributed by atoms with Gasteiger partial charge in [0.15, 0.2) is 11.4 Å². The molecule has 0 aromatic rings. The summed E-state index contributed by atoms with van der Waals surface area (Å²) in [4.78, 5) is 38.9. The van der Waals surface area contributed by atoms with Crippen LogP contribution < -0.4 is 0 Å². The fourth-order valence-electron chi connectivity index (χ4n) is 7.30. The third kappa shape index (κ3) is 3.13. The summed E-state index contributed by atoms with van der Waals surface area (Å²) in [6.45, 7) is 16.9. The highest BCUT2D eigenvalue weighted by Crippen LogP contribution is 2.77. The lowest BCUT2D eigenvalue weighted by Gasteiger charge is -2.52. The molecule has 0 bridgehead atoms. The first-order valence-corrected chi connectivity index (χ1v) is 12.7. The van der Waals surface area contributed by atoms with Crippen LogP contribution in [-0.4, -0.2) is 40.1 Å². The van der Waals surface area contributed by atoms with Crippen molar-refractivity contribution in [1.82, 2.24) is 0 Å². The summed E-state index contributed by atoms with van der Waals surface area (Å²) >= 11 is 0. The highest BCUT2D eigenvalue weighted by molar-refractivity contribution is 5.99. The molecule has 0 aromatic heterocycles. The van der Waals surface area contributed by atoms with E-state index in [1.54, 1.807) is 27.7 Å². The van der Waals surface area contributed by atoms with E-state index in [4.69, 9.17) is 9.47 Å². The topological polar surface area (TPSA) is 89.9 Å². The van der Waals surface area contributed by atoms with E-state index in [2.05, 4.69) is 6.08 Å². The molecular weight excluding hydrogens is 432 g/mol. The average Bonchev–Trinajstić information content (AvgIpc) is 3.13. The van der Waals surface area contributed by atoms with Crippen LogP contribution in [0.1, 0.15) is 68.7 Å². The minimum atomic E-state index is -1.32. The van der Waals surface area contributed by atoms with Crippen LogP contribution in [0.3, 0.4) is 0 Å². The van der Waals surface area contributed by atoms with Crippen LogP contribution in [0.2, 0.25) is 0 Å². The van der Waals surface area contributed by atoms with Gasteiger partial charge >= 0.3 is 11.9 Å². The van der Waals surface area contributed by atoms with E-state index < -0.39 is 28.6 Å². The van der Waals surface area contributed by atoms with Gasteiger partial charge in [0.05, 0.1) is 17.4 Å². The lowest BCUT2D eigenvalue weighted by molar-refractivity contribution is -0.223. The van der Waals surface area contributed by atoms with Crippen molar-refractivity contribution >= 4 is 17.7 Å².